The van der Waals surface area contributed by atoms with E-state index < -0.39 is 6.04 Å². The minimum absolute atomic E-state index is 0.000352. The maximum atomic E-state index is 13.2. The third kappa shape index (κ3) is 5.63. The molecule has 170 valence electrons. The Morgan fingerprint density at radius 2 is 1.61 bits per heavy atom. The second-order valence-corrected chi connectivity index (χ2v) is 8.97. The largest absolute Gasteiger partial charge is 0.341 e. The normalized spacial score (nSPS) is 15.2. The number of nitrogens with zero attached hydrogens (tertiary/aromatic N) is 1. The Kier molecular flexibility index (Phi) is 7.46. The van der Waals surface area contributed by atoms with E-state index in [1.807, 2.05) is 72.5 Å². The minimum atomic E-state index is -0.523. The highest BCUT2D eigenvalue weighted by Crippen LogP contribution is 2.29. The molecule has 3 aromatic rings. The van der Waals surface area contributed by atoms with Crippen molar-refractivity contribution in [3.63, 3.8) is 0 Å². The van der Waals surface area contributed by atoms with Gasteiger partial charge in [-0.25, -0.2) is 0 Å². The Hall–Kier alpha value is -3.11. The summed E-state index contributed by atoms with van der Waals surface area (Å²) in [5.41, 5.74) is 3.86. The number of likely N-dealkylation sites (tertiary alicyclic amines) is 1. The molecule has 4 rings (SSSR count). The lowest BCUT2D eigenvalue weighted by atomic mass is 9.89. The summed E-state index contributed by atoms with van der Waals surface area (Å²) < 4.78 is 0. The van der Waals surface area contributed by atoms with Gasteiger partial charge in [0.15, 0.2) is 0 Å². The van der Waals surface area contributed by atoms with Crippen molar-refractivity contribution in [2.24, 2.45) is 0 Å². The second kappa shape index (κ2) is 10.7. The number of benzene rings is 3. The van der Waals surface area contributed by atoms with Crippen molar-refractivity contribution in [3.05, 3.63) is 95.0 Å². The fraction of sp³-hybridized carbons (Fsp3) is 0.286. The van der Waals surface area contributed by atoms with E-state index in [1.165, 1.54) is 5.56 Å². The van der Waals surface area contributed by atoms with Gasteiger partial charge in [-0.1, -0.05) is 73.1 Å². The zero-order chi connectivity index (χ0) is 23.2. The van der Waals surface area contributed by atoms with Crippen LogP contribution in [0.4, 0.5) is 0 Å². The number of rotatable bonds is 6. The lowest BCUT2D eigenvalue weighted by molar-refractivity contribution is -0.134. The molecule has 3 aromatic carbocycles. The zero-order valence-corrected chi connectivity index (χ0v) is 19.6. The van der Waals surface area contributed by atoms with Gasteiger partial charge in [0.05, 0.1) is 0 Å². The molecule has 1 unspecified atom stereocenters. The number of halogens is 1. The summed E-state index contributed by atoms with van der Waals surface area (Å²) in [5, 5.41) is 3.70. The Balaban J connectivity index is 1.37. The average Bonchev–Trinajstić information content (AvgIpc) is 2.88. The van der Waals surface area contributed by atoms with Crippen molar-refractivity contribution >= 4 is 23.4 Å². The molecular weight excluding hydrogens is 432 g/mol. The van der Waals surface area contributed by atoms with E-state index in [-0.39, 0.29) is 11.8 Å². The van der Waals surface area contributed by atoms with Crippen LogP contribution < -0.4 is 5.32 Å². The SMILES string of the molecule is CCC(NC(=O)c1cccc(-c2ccccc2)c1)C(=O)N1CCC(c2ccc(Cl)cc2)CC1. The predicted molar refractivity (Wildman–Crippen MR) is 133 cm³/mol. The van der Waals surface area contributed by atoms with Crippen LogP contribution in [0.5, 0.6) is 0 Å². The molecule has 1 heterocycles. The van der Waals surface area contributed by atoms with E-state index in [9.17, 15) is 9.59 Å². The predicted octanol–water partition coefficient (Wildman–Crippen LogP) is 5.92. The van der Waals surface area contributed by atoms with Gasteiger partial charge in [0.1, 0.15) is 6.04 Å². The molecule has 0 saturated carbocycles. The van der Waals surface area contributed by atoms with Gasteiger partial charge in [0.2, 0.25) is 5.91 Å². The van der Waals surface area contributed by atoms with Crippen LogP contribution in [0, 0.1) is 0 Å². The number of nitrogens with one attached hydrogen (secondary N) is 1. The topological polar surface area (TPSA) is 49.4 Å². The summed E-state index contributed by atoms with van der Waals surface area (Å²) in [5.74, 6) is 0.213. The van der Waals surface area contributed by atoms with Gasteiger partial charge in [0, 0.05) is 23.7 Å². The summed E-state index contributed by atoms with van der Waals surface area (Å²) in [6, 6.07) is 24.9. The van der Waals surface area contributed by atoms with Crippen LogP contribution in [0.15, 0.2) is 78.9 Å². The first-order valence-corrected chi connectivity index (χ1v) is 11.9. The molecule has 0 bridgehead atoms. The van der Waals surface area contributed by atoms with E-state index in [0.29, 0.717) is 31.0 Å². The van der Waals surface area contributed by atoms with Gasteiger partial charge in [-0.3, -0.25) is 9.59 Å². The van der Waals surface area contributed by atoms with Crippen molar-refractivity contribution in [3.8, 4) is 11.1 Å². The van der Waals surface area contributed by atoms with Crippen LogP contribution >= 0.6 is 11.6 Å². The summed E-state index contributed by atoms with van der Waals surface area (Å²) in [7, 11) is 0. The van der Waals surface area contributed by atoms with Crippen LogP contribution in [0.25, 0.3) is 11.1 Å². The van der Waals surface area contributed by atoms with Crippen molar-refractivity contribution in [1.82, 2.24) is 10.2 Å². The Labute approximate surface area is 200 Å². The van der Waals surface area contributed by atoms with Gasteiger partial charge in [-0.05, 0) is 66.1 Å². The maximum absolute atomic E-state index is 13.2. The van der Waals surface area contributed by atoms with Gasteiger partial charge in [-0.15, -0.1) is 0 Å². The first kappa shape index (κ1) is 23.1. The van der Waals surface area contributed by atoms with E-state index in [4.69, 9.17) is 11.6 Å². The quantitative estimate of drug-likeness (QED) is 0.496. The fourth-order valence-corrected chi connectivity index (χ4v) is 4.57. The number of amides is 2. The van der Waals surface area contributed by atoms with Crippen LogP contribution in [0.2, 0.25) is 5.02 Å². The number of hydrogen-bond donors (Lipinski definition) is 1. The van der Waals surface area contributed by atoms with Crippen molar-refractivity contribution in [2.75, 3.05) is 13.1 Å². The average molecular weight is 461 g/mol. The molecule has 1 aliphatic rings. The van der Waals surface area contributed by atoms with E-state index in [0.717, 1.165) is 29.0 Å². The summed E-state index contributed by atoms with van der Waals surface area (Å²) in [6.45, 7) is 3.33. The van der Waals surface area contributed by atoms with E-state index in [1.54, 1.807) is 6.07 Å². The molecule has 0 radical (unpaired) electrons. The van der Waals surface area contributed by atoms with Crippen molar-refractivity contribution in [1.29, 1.82) is 0 Å². The van der Waals surface area contributed by atoms with Gasteiger partial charge in [0.25, 0.3) is 5.91 Å². The van der Waals surface area contributed by atoms with Crippen LogP contribution in [-0.4, -0.2) is 35.8 Å². The smallest absolute Gasteiger partial charge is 0.251 e. The van der Waals surface area contributed by atoms with Gasteiger partial charge < -0.3 is 10.2 Å². The molecule has 1 aliphatic heterocycles. The van der Waals surface area contributed by atoms with Crippen molar-refractivity contribution in [2.45, 2.75) is 38.1 Å². The second-order valence-electron chi connectivity index (χ2n) is 8.53. The summed E-state index contributed by atoms with van der Waals surface area (Å²) >= 11 is 6.00. The molecule has 1 N–H and O–H groups in total. The van der Waals surface area contributed by atoms with Crippen LogP contribution in [0.3, 0.4) is 0 Å². The molecule has 1 fully saturated rings. The zero-order valence-electron chi connectivity index (χ0n) is 18.8. The maximum Gasteiger partial charge on any atom is 0.251 e. The lowest BCUT2D eigenvalue weighted by Gasteiger charge is -2.34. The van der Waals surface area contributed by atoms with Gasteiger partial charge >= 0.3 is 0 Å². The standard InChI is InChI=1S/C28H29ClN2O2/c1-2-26(28(33)31-17-15-22(16-18-31)21-11-13-25(29)14-12-21)30-27(32)24-10-6-9-23(19-24)20-7-4-3-5-8-20/h3-14,19,22,26H,2,15-18H2,1H3,(H,30,32). The number of carbonyl (C=O) groups is 2. The molecule has 0 aromatic heterocycles. The number of carbonyl (C=O) groups excluding carboxylic acids is 2. The Bertz CT molecular complexity index is 1090. The molecule has 0 aliphatic carbocycles. The molecule has 4 nitrogen and oxygen atoms in total. The van der Waals surface area contributed by atoms with Gasteiger partial charge in [-0.2, -0.15) is 0 Å². The Morgan fingerprint density at radius 3 is 2.27 bits per heavy atom. The summed E-state index contributed by atoms with van der Waals surface area (Å²) in [4.78, 5) is 28.0. The van der Waals surface area contributed by atoms with E-state index >= 15 is 0 Å². The molecule has 1 saturated heterocycles. The number of hydrogen-bond acceptors (Lipinski definition) is 2. The third-order valence-electron chi connectivity index (χ3n) is 6.39. The van der Waals surface area contributed by atoms with E-state index in [2.05, 4.69) is 17.4 Å². The monoisotopic (exact) mass is 460 g/mol. The molecule has 5 heteroatoms. The third-order valence-corrected chi connectivity index (χ3v) is 6.64. The van der Waals surface area contributed by atoms with Crippen molar-refractivity contribution < 1.29 is 9.59 Å². The molecule has 1 atom stereocenters. The highest BCUT2D eigenvalue weighted by molar-refractivity contribution is 6.30. The molecular formula is C28H29ClN2O2. The minimum Gasteiger partial charge on any atom is -0.341 e. The molecule has 2 amide bonds. The summed E-state index contributed by atoms with van der Waals surface area (Å²) in [6.07, 6.45) is 2.38. The highest BCUT2D eigenvalue weighted by Gasteiger charge is 2.29. The number of piperidine rings is 1. The van der Waals surface area contributed by atoms with Crippen LogP contribution in [0.1, 0.15) is 48.0 Å². The van der Waals surface area contributed by atoms with Crippen LogP contribution in [-0.2, 0) is 4.79 Å². The Morgan fingerprint density at radius 1 is 0.939 bits per heavy atom. The molecule has 33 heavy (non-hydrogen) atoms. The lowest BCUT2D eigenvalue weighted by Crippen LogP contribution is -2.50. The molecule has 0 spiro atoms. The first-order valence-electron chi connectivity index (χ1n) is 11.6. The first-order chi connectivity index (χ1) is 16.0. The fourth-order valence-electron chi connectivity index (χ4n) is 4.44. The highest BCUT2D eigenvalue weighted by atomic mass is 35.5.